The monoisotopic (exact) mass is 412 g/mol. The molecule has 1 saturated carbocycles. The zero-order valence-corrected chi connectivity index (χ0v) is 16.7. The summed E-state index contributed by atoms with van der Waals surface area (Å²) in [6, 6.07) is 13.2. The second-order valence-corrected chi connectivity index (χ2v) is 7.55. The highest BCUT2D eigenvalue weighted by atomic mass is 35.5. The van der Waals surface area contributed by atoms with Gasteiger partial charge in [0.1, 0.15) is 12.4 Å². The third-order valence-electron chi connectivity index (χ3n) is 5.13. The first-order valence-corrected chi connectivity index (χ1v) is 9.89. The summed E-state index contributed by atoms with van der Waals surface area (Å²) >= 11 is 6.29. The fraction of sp³-hybridized carbons (Fsp3) is 0.318. The Morgan fingerprint density at radius 3 is 2.62 bits per heavy atom. The van der Waals surface area contributed by atoms with Gasteiger partial charge in [0, 0.05) is 16.6 Å². The van der Waals surface area contributed by atoms with E-state index in [9.17, 15) is 4.79 Å². The Bertz CT molecular complexity index is 1030. The molecule has 1 heterocycles. The van der Waals surface area contributed by atoms with Crippen LogP contribution in [0.2, 0.25) is 5.02 Å². The van der Waals surface area contributed by atoms with Crippen LogP contribution >= 0.6 is 11.6 Å². The summed E-state index contributed by atoms with van der Waals surface area (Å²) in [6.07, 6.45) is 1.19. The van der Waals surface area contributed by atoms with Gasteiger partial charge >= 0.3 is 5.97 Å². The first kappa shape index (κ1) is 19.6. The van der Waals surface area contributed by atoms with E-state index in [4.69, 9.17) is 26.2 Å². The maximum absolute atomic E-state index is 10.8. The lowest BCUT2D eigenvalue weighted by Gasteiger charge is -2.31. The van der Waals surface area contributed by atoms with E-state index in [-0.39, 0.29) is 12.0 Å². The van der Waals surface area contributed by atoms with Crippen LogP contribution in [0, 0.1) is 12.8 Å². The van der Waals surface area contributed by atoms with Gasteiger partial charge in [0.2, 0.25) is 0 Å². The summed E-state index contributed by atoms with van der Waals surface area (Å²) in [5, 5.41) is 10.4. The van der Waals surface area contributed by atoms with E-state index >= 15 is 0 Å². The van der Waals surface area contributed by atoms with E-state index in [1.54, 1.807) is 0 Å². The molecule has 0 spiro atoms. The molecule has 150 valence electrons. The van der Waals surface area contributed by atoms with Gasteiger partial charge in [-0.1, -0.05) is 23.7 Å². The number of carboxylic acids is 1. The van der Waals surface area contributed by atoms with Crippen molar-refractivity contribution in [1.29, 1.82) is 0 Å². The predicted molar refractivity (Wildman–Crippen MR) is 110 cm³/mol. The van der Waals surface area contributed by atoms with E-state index in [0.717, 1.165) is 27.9 Å². The van der Waals surface area contributed by atoms with Crippen molar-refractivity contribution in [3.63, 3.8) is 0 Å². The summed E-state index contributed by atoms with van der Waals surface area (Å²) in [7, 11) is 0. The first-order chi connectivity index (χ1) is 14.0. The number of aryl methyl sites for hydroxylation is 1. The quantitative estimate of drug-likeness (QED) is 0.574. The Morgan fingerprint density at radius 1 is 1.14 bits per heavy atom. The summed E-state index contributed by atoms with van der Waals surface area (Å²) in [4.78, 5) is 20.0. The fourth-order valence-electron chi connectivity index (χ4n) is 3.38. The van der Waals surface area contributed by atoms with E-state index < -0.39 is 5.97 Å². The number of hydrogen-bond acceptors (Lipinski definition) is 5. The van der Waals surface area contributed by atoms with Crippen molar-refractivity contribution in [3.05, 3.63) is 53.2 Å². The number of fused-ring (bicyclic) bond motifs is 1. The number of carboxylic acid groups (broad SMARTS) is 1. The van der Waals surface area contributed by atoms with Crippen LogP contribution in [-0.4, -0.2) is 40.4 Å². The van der Waals surface area contributed by atoms with Crippen LogP contribution in [0.3, 0.4) is 0 Å². The Morgan fingerprint density at radius 2 is 1.90 bits per heavy atom. The summed E-state index contributed by atoms with van der Waals surface area (Å²) in [5.41, 5.74) is 2.51. The summed E-state index contributed by atoms with van der Waals surface area (Å²) < 4.78 is 11.3. The van der Waals surface area contributed by atoms with Crippen molar-refractivity contribution in [2.24, 2.45) is 5.92 Å². The molecule has 1 aliphatic rings. The molecule has 0 radical (unpaired) electrons. The number of aliphatic carboxylic acids is 1. The third-order valence-corrected chi connectivity index (χ3v) is 5.44. The zero-order valence-electron chi connectivity index (χ0n) is 16.0. The number of ether oxygens (including phenoxy) is 2. The van der Waals surface area contributed by atoms with Crippen molar-refractivity contribution in [2.45, 2.75) is 25.9 Å². The number of nitrogens with zero attached hydrogens (tertiary/aromatic N) is 2. The van der Waals surface area contributed by atoms with Crippen molar-refractivity contribution in [1.82, 2.24) is 9.97 Å². The highest BCUT2D eigenvalue weighted by Crippen LogP contribution is 2.30. The number of hydrogen-bond donors (Lipinski definition) is 1. The van der Waals surface area contributed by atoms with Crippen molar-refractivity contribution in [3.8, 4) is 17.1 Å². The summed E-state index contributed by atoms with van der Waals surface area (Å²) in [5.74, 6) is 0.347. The van der Waals surface area contributed by atoms with Gasteiger partial charge in [0.15, 0.2) is 5.82 Å². The maximum Gasteiger partial charge on any atom is 0.306 e. The van der Waals surface area contributed by atoms with Crippen LogP contribution in [0.5, 0.6) is 5.75 Å². The normalized spacial score (nSPS) is 18.4. The van der Waals surface area contributed by atoms with E-state index in [0.29, 0.717) is 36.9 Å². The van der Waals surface area contributed by atoms with Gasteiger partial charge in [-0.15, -0.1) is 0 Å². The molecule has 1 aromatic heterocycles. The van der Waals surface area contributed by atoms with Crippen molar-refractivity contribution in [2.75, 3.05) is 13.2 Å². The third kappa shape index (κ3) is 4.33. The van der Waals surface area contributed by atoms with Crippen molar-refractivity contribution < 1.29 is 19.4 Å². The van der Waals surface area contributed by atoms with E-state index in [1.807, 2.05) is 49.4 Å². The van der Waals surface area contributed by atoms with Crippen LogP contribution in [0.1, 0.15) is 18.5 Å². The van der Waals surface area contributed by atoms with Crippen molar-refractivity contribution >= 4 is 28.5 Å². The van der Waals surface area contributed by atoms with Crippen LogP contribution < -0.4 is 4.74 Å². The second-order valence-electron chi connectivity index (χ2n) is 7.14. The lowest BCUT2D eigenvalue weighted by Crippen LogP contribution is -2.36. The Labute approximate surface area is 173 Å². The van der Waals surface area contributed by atoms with Gasteiger partial charge in [-0.25, -0.2) is 9.97 Å². The molecular formula is C22H21ClN2O4. The molecule has 7 heteroatoms. The zero-order chi connectivity index (χ0) is 20.4. The Hall–Kier alpha value is -2.70. The molecule has 2 aromatic carbocycles. The number of benzene rings is 2. The minimum Gasteiger partial charge on any atom is -0.491 e. The van der Waals surface area contributed by atoms with Crippen LogP contribution in [-0.2, 0) is 9.53 Å². The molecule has 3 aromatic rings. The molecule has 29 heavy (non-hydrogen) atoms. The lowest BCUT2D eigenvalue weighted by atomic mass is 9.82. The number of para-hydroxylation sites is 1. The van der Waals surface area contributed by atoms with Gasteiger partial charge in [-0.3, -0.25) is 4.79 Å². The highest BCUT2D eigenvalue weighted by molar-refractivity contribution is 6.35. The molecule has 0 bridgehead atoms. The SMILES string of the molecule is Cc1nc(-c2ccc(OCCOC3CC(C(=O)O)C3)cc2)nc2c(Cl)cccc12. The second kappa shape index (κ2) is 8.35. The standard InChI is InChI=1S/C22H21ClN2O4/c1-13-18-3-2-4-19(23)20(18)25-21(24-13)14-5-7-16(8-6-14)28-9-10-29-17-11-15(12-17)22(26)27/h2-8,15,17H,9-12H2,1H3,(H,26,27). The smallest absolute Gasteiger partial charge is 0.306 e. The van der Waals surface area contributed by atoms with Gasteiger partial charge in [0.05, 0.1) is 29.2 Å². The van der Waals surface area contributed by atoms with Crippen LogP contribution in [0.4, 0.5) is 0 Å². The molecule has 0 saturated heterocycles. The minimum absolute atomic E-state index is 0.0298. The number of rotatable bonds is 7. The summed E-state index contributed by atoms with van der Waals surface area (Å²) in [6.45, 7) is 2.79. The number of halogens is 1. The highest BCUT2D eigenvalue weighted by Gasteiger charge is 2.34. The maximum atomic E-state index is 10.8. The van der Waals surface area contributed by atoms with E-state index in [1.165, 1.54) is 0 Å². The largest absolute Gasteiger partial charge is 0.491 e. The average molecular weight is 413 g/mol. The molecule has 6 nitrogen and oxygen atoms in total. The molecule has 1 fully saturated rings. The van der Waals surface area contributed by atoms with Gasteiger partial charge in [-0.2, -0.15) is 0 Å². The Balaban J connectivity index is 1.34. The Kier molecular flexibility index (Phi) is 5.65. The number of aromatic nitrogens is 2. The molecule has 0 unspecified atom stereocenters. The predicted octanol–water partition coefficient (Wildman–Crippen LogP) is 4.52. The molecule has 0 amide bonds. The lowest BCUT2D eigenvalue weighted by molar-refractivity contribution is -0.151. The number of carbonyl (C=O) groups is 1. The molecule has 1 N–H and O–H groups in total. The molecular weight excluding hydrogens is 392 g/mol. The fourth-order valence-corrected chi connectivity index (χ4v) is 3.59. The van der Waals surface area contributed by atoms with Crippen LogP contribution in [0.15, 0.2) is 42.5 Å². The average Bonchev–Trinajstić information content (AvgIpc) is 2.67. The van der Waals surface area contributed by atoms with Gasteiger partial charge in [-0.05, 0) is 50.1 Å². The van der Waals surface area contributed by atoms with E-state index in [2.05, 4.69) is 9.97 Å². The molecule has 0 atom stereocenters. The molecule has 4 rings (SSSR count). The molecule has 0 aliphatic heterocycles. The topological polar surface area (TPSA) is 81.5 Å². The van der Waals surface area contributed by atoms with Gasteiger partial charge < -0.3 is 14.6 Å². The van der Waals surface area contributed by atoms with Gasteiger partial charge in [0.25, 0.3) is 0 Å². The molecule has 1 aliphatic carbocycles. The minimum atomic E-state index is -0.742. The van der Waals surface area contributed by atoms with Crippen LogP contribution in [0.25, 0.3) is 22.3 Å². The first-order valence-electron chi connectivity index (χ1n) is 9.52.